The van der Waals surface area contributed by atoms with Crippen LogP contribution in [0.5, 0.6) is 0 Å². The van der Waals surface area contributed by atoms with Gasteiger partial charge in [0.15, 0.2) is 5.78 Å². The number of terminal acetylenes is 1. The molecule has 1 aliphatic rings. The lowest BCUT2D eigenvalue weighted by Crippen LogP contribution is -2.37. The van der Waals surface area contributed by atoms with E-state index in [0.717, 1.165) is 31.2 Å². The number of hydrogen-bond acceptors (Lipinski definition) is 6. The SMILES string of the molecule is C#Cc1cccc(C2(NC[C@H](CN)CC(=O)c3cc(C(=O)N(CCC)CCC)cc(-c4ncco4)c3)CC2)c1. The molecular weight excluding hydrogens is 488 g/mol. The van der Waals surface area contributed by atoms with Crippen LogP contribution in [0, 0.1) is 18.3 Å². The largest absolute Gasteiger partial charge is 0.445 e. The molecule has 204 valence electrons. The lowest BCUT2D eigenvalue weighted by atomic mass is 9.94. The highest BCUT2D eigenvalue weighted by atomic mass is 16.3. The molecule has 3 N–H and O–H groups in total. The molecule has 1 fully saturated rings. The lowest BCUT2D eigenvalue weighted by Gasteiger charge is -2.23. The van der Waals surface area contributed by atoms with E-state index in [1.807, 2.05) is 30.9 Å². The highest BCUT2D eigenvalue weighted by molar-refractivity contribution is 6.02. The van der Waals surface area contributed by atoms with E-state index in [4.69, 9.17) is 16.6 Å². The molecule has 0 spiro atoms. The van der Waals surface area contributed by atoms with Gasteiger partial charge < -0.3 is 20.4 Å². The Labute approximate surface area is 231 Å². The number of amides is 1. The first-order valence-corrected chi connectivity index (χ1v) is 13.8. The van der Waals surface area contributed by atoms with Crippen molar-refractivity contribution in [2.24, 2.45) is 11.7 Å². The molecule has 2 aromatic carbocycles. The van der Waals surface area contributed by atoms with Crippen molar-refractivity contribution < 1.29 is 14.0 Å². The second kappa shape index (κ2) is 12.9. The summed E-state index contributed by atoms with van der Waals surface area (Å²) >= 11 is 0. The zero-order valence-electron chi connectivity index (χ0n) is 22.9. The van der Waals surface area contributed by atoms with Crippen LogP contribution in [-0.2, 0) is 5.54 Å². The molecule has 4 rings (SSSR count). The third-order valence-electron chi connectivity index (χ3n) is 7.32. The van der Waals surface area contributed by atoms with Gasteiger partial charge in [-0.25, -0.2) is 4.98 Å². The van der Waals surface area contributed by atoms with Crippen LogP contribution < -0.4 is 11.1 Å². The van der Waals surface area contributed by atoms with Crippen molar-refractivity contribution in [3.05, 3.63) is 77.2 Å². The van der Waals surface area contributed by atoms with Gasteiger partial charge in [-0.1, -0.05) is 31.9 Å². The van der Waals surface area contributed by atoms with Gasteiger partial charge in [-0.3, -0.25) is 9.59 Å². The Balaban J connectivity index is 1.52. The summed E-state index contributed by atoms with van der Waals surface area (Å²) in [7, 11) is 0. The topological polar surface area (TPSA) is 101 Å². The van der Waals surface area contributed by atoms with Crippen molar-refractivity contribution >= 4 is 11.7 Å². The number of oxazole rings is 1. The van der Waals surface area contributed by atoms with E-state index in [-0.39, 0.29) is 29.6 Å². The number of carbonyl (C=O) groups excluding carboxylic acids is 2. The number of benzene rings is 2. The van der Waals surface area contributed by atoms with Crippen LogP contribution in [0.1, 0.15) is 77.8 Å². The molecule has 0 saturated heterocycles. The predicted octanol–water partition coefficient (Wildman–Crippen LogP) is 5.01. The van der Waals surface area contributed by atoms with Gasteiger partial charge in [0.25, 0.3) is 5.91 Å². The van der Waals surface area contributed by atoms with Crippen molar-refractivity contribution in [3.8, 4) is 23.8 Å². The highest BCUT2D eigenvalue weighted by Gasteiger charge is 2.44. The van der Waals surface area contributed by atoms with Crippen LogP contribution in [-0.4, -0.2) is 47.8 Å². The molecule has 0 radical (unpaired) electrons. The second-order valence-electron chi connectivity index (χ2n) is 10.3. The van der Waals surface area contributed by atoms with Gasteiger partial charge in [-0.2, -0.15) is 0 Å². The summed E-state index contributed by atoms with van der Waals surface area (Å²) in [4.78, 5) is 33.0. The molecule has 1 amide bonds. The van der Waals surface area contributed by atoms with Gasteiger partial charge in [0.1, 0.15) is 6.26 Å². The van der Waals surface area contributed by atoms with Crippen molar-refractivity contribution in [1.29, 1.82) is 0 Å². The smallest absolute Gasteiger partial charge is 0.253 e. The van der Waals surface area contributed by atoms with Gasteiger partial charge in [-0.05, 0) is 74.0 Å². The minimum absolute atomic E-state index is 0.0629. The van der Waals surface area contributed by atoms with E-state index in [9.17, 15) is 9.59 Å². The van der Waals surface area contributed by atoms with E-state index in [0.29, 0.717) is 48.8 Å². The zero-order valence-corrected chi connectivity index (χ0v) is 22.9. The van der Waals surface area contributed by atoms with E-state index < -0.39 is 0 Å². The summed E-state index contributed by atoms with van der Waals surface area (Å²) in [6, 6.07) is 13.3. The van der Waals surface area contributed by atoms with Crippen molar-refractivity contribution in [2.45, 2.75) is 51.5 Å². The molecule has 1 saturated carbocycles. The number of hydrogen-bond donors (Lipinski definition) is 2. The van der Waals surface area contributed by atoms with Crippen LogP contribution in [0.4, 0.5) is 0 Å². The Morgan fingerprint density at radius 2 is 1.90 bits per heavy atom. The second-order valence-corrected chi connectivity index (χ2v) is 10.3. The van der Waals surface area contributed by atoms with Crippen LogP contribution in [0.2, 0.25) is 0 Å². The fourth-order valence-electron chi connectivity index (χ4n) is 5.00. The summed E-state index contributed by atoms with van der Waals surface area (Å²) in [5.41, 5.74) is 9.57. The summed E-state index contributed by atoms with van der Waals surface area (Å²) in [5, 5.41) is 3.67. The van der Waals surface area contributed by atoms with E-state index >= 15 is 0 Å². The Kier molecular flexibility index (Phi) is 9.34. The Hall–Kier alpha value is -3.73. The molecule has 0 unspecified atom stereocenters. The maximum atomic E-state index is 13.5. The van der Waals surface area contributed by atoms with Crippen LogP contribution in [0.15, 0.2) is 59.3 Å². The predicted molar refractivity (Wildman–Crippen MR) is 153 cm³/mol. The molecule has 1 aromatic heterocycles. The van der Waals surface area contributed by atoms with Crippen LogP contribution in [0.3, 0.4) is 0 Å². The monoisotopic (exact) mass is 526 g/mol. The number of Topliss-reactive ketones (excluding diaryl/α,β-unsaturated/α-hetero) is 1. The molecular formula is C32H38N4O3. The minimum Gasteiger partial charge on any atom is -0.445 e. The molecule has 1 atom stereocenters. The van der Waals surface area contributed by atoms with Gasteiger partial charge in [0.2, 0.25) is 5.89 Å². The van der Waals surface area contributed by atoms with Crippen molar-refractivity contribution in [3.63, 3.8) is 0 Å². The summed E-state index contributed by atoms with van der Waals surface area (Å²) in [6.07, 6.45) is 12.6. The Morgan fingerprint density at radius 3 is 2.51 bits per heavy atom. The number of nitrogens with two attached hydrogens (primary N) is 1. The van der Waals surface area contributed by atoms with Crippen molar-refractivity contribution in [2.75, 3.05) is 26.2 Å². The fraction of sp³-hybridized carbons (Fsp3) is 0.406. The number of carbonyl (C=O) groups is 2. The lowest BCUT2D eigenvalue weighted by molar-refractivity contribution is 0.0755. The average Bonchev–Trinajstić information content (AvgIpc) is 3.56. The number of nitrogens with one attached hydrogen (secondary N) is 1. The van der Waals surface area contributed by atoms with E-state index in [1.165, 1.54) is 11.8 Å². The van der Waals surface area contributed by atoms with Gasteiger partial charge in [0.05, 0.1) is 6.20 Å². The molecule has 1 aliphatic carbocycles. The summed E-state index contributed by atoms with van der Waals surface area (Å²) < 4.78 is 5.50. The van der Waals surface area contributed by atoms with E-state index in [2.05, 4.69) is 28.4 Å². The maximum Gasteiger partial charge on any atom is 0.253 e. The van der Waals surface area contributed by atoms with E-state index in [1.54, 1.807) is 24.4 Å². The number of aromatic nitrogens is 1. The number of ketones is 1. The number of nitrogens with zero attached hydrogens (tertiary/aromatic N) is 2. The van der Waals surface area contributed by atoms with Crippen molar-refractivity contribution in [1.82, 2.24) is 15.2 Å². The normalized spacial score (nSPS) is 14.4. The molecule has 39 heavy (non-hydrogen) atoms. The zero-order chi connectivity index (χ0) is 27.8. The van der Waals surface area contributed by atoms with Gasteiger partial charge >= 0.3 is 0 Å². The first kappa shape index (κ1) is 28.3. The first-order valence-electron chi connectivity index (χ1n) is 13.8. The minimum atomic E-state index is -0.115. The molecule has 7 heteroatoms. The standard InChI is InChI=1S/C32H38N4O3/c1-4-13-36(14-5-2)31(38)27-19-25(18-26(20-27)30-34-12-15-39-30)29(37)17-24(21-33)22-35-32(10-11-32)28-9-7-8-23(6-3)16-28/h3,7-9,12,15-16,18-20,24,35H,4-5,10-11,13-14,17,21-22,33H2,1-2H3/t24-/m0/s1. The summed E-state index contributed by atoms with van der Waals surface area (Å²) in [6.45, 7) is 6.39. The van der Waals surface area contributed by atoms with Gasteiger partial charge in [-0.15, -0.1) is 6.42 Å². The first-order chi connectivity index (χ1) is 18.9. The molecule has 1 heterocycles. The van der Waals surface area contributed by atoms with Crippen LogP contribution in [0.25, 0.3) is 11.5 Å². The number of rotatable bonds is 14. The third-order valence-corrected chi connectivity index (χ3v) is 7.32. The molecule has 7 nitrogen and oxygen atoms in total. The Bertz CT molecular complexity index is 1320. The highest BCUT2D eigenvalue weighted by Crippen LogP contribution is 2.45. The van der Waals surface area contributed by atoms with Gasteiger partial charge in [0, 0.05) is 53.8 Å². The molecule has 3 aromatic rings. The molecule has 0 bridgehead atoms. The molecule has 0 aliphatic heterocycles. The fourth-order valence-corrected chi connectivity index (χ4v) is 5.00. The maximum absolute atomic E-state index is 13.5. The summed E-state index contributed by atoms with van der Waals surface area (Å²) in [5.74, 6) is 2.86. The van der Waals surface area contributed by atoms with Crippen LogP contribution >= 0.6 is 0 Å². The Morgan fingerprint density at radius 1 is 1.15 bits per heavy atom. The quantitative estimate of drug-likeness (QED) is 0.226. The average molecular weight is 527 g/mol. The third kappa shape index (κ3) is 6.83.